The second-order valence-electron chi connectivity index (χ2n) is 8.41. The first-order chi connectivity index (χ1) is 18.3. The van der Waals surface area contributed by atoms with Crippen LogP contribution in [0.3, 0.4) is 0 Å². The number of aromatic hydroxyl groups is 1. The van der Waals surface area contributed by atoms with Gasteiger partial charge >= 0.3 is 5.63 Å². The van der Waals surface area contributed by atoms with Crippen molar-refractivity contribution in [2.45, 2.75) is 25.4 Å². The summed E-state index contributed by atoms with van der Waals surface area (Å²) >= 11 is 0. The molecule has 2 aromatic heterocycles. The fourth-order valence-electron chi connectivity index (χ4n) is 3.78. The number of nitrogens with one attached hydrogen (secondary N) is 2. The van der Waals surface area contributed by atoms with E-state index in [1.807, 2.05) is 30.3 Å². The van der Waals surface area contributed by atoms with Crippen LogP contribution in [0.2, 0.25) is 0 Å². The molecule has 1 atom stereocenters. The highest BCUT2D eigenvalue weighted by atomic mass is 16.4. The van der Waals surface area contributed by atoms with E-state index in [9.17, 15) is 24.3 Å². The number of carbonyl (C=O) groups is 3. The fourth-order valence-corrected chi connectivity index (χ4v) is 3.78. The van der Waals surface area contributed by atoms with E-state index >= 15 is 0 Å². The predicted molar refractivity (Wildman–Crippen MR) is 137 cm³/mol. The number of hydrogen-bond donors (Lipinski definition) is 4. The van der Waals surface area contributed by atoms with Gasteiger partial charge in [0.15, 0.2) is 0 Å². The van der Waals surface area contributed by atoms with Crippen LogP contribution in [-0.2, 0) is 17.8 Å². The molecule has 2 aromatic carbocycles. The predicted octanol–water partition coefficient (Wildman–Crippen LogP) is 1.48. The number of nitrogens with zero attached hydrogens (tertiary/aromatic N) is 2. The van der Waals surface area contributed by atoms with Crippen molar-refractivity contribution >= 4 is 28.6 Å². The third kappa shape index (κ3) is 6.45. The number of benzene rings is 2. The lowest BCUT2D eigenvalue weighted by Crippen LogP contribution is -2.44. The highest BCUT2D eigenvalue weighted by Crippen LogP contribution is 2.19. The zero-order chi connectivity index (χ0) is 27.1. The van der Waals surface area contributed by atoms with E-state index in [1.165, 1.54) is 36.5 Å². The molecule has 38 heavy (non-hydrogen) atoms. The Morgan fingerprint density at radius 3 is 2.61 bits per heavy atom. The number of hydrogen-bond acceptors (Lipinski definition) is 9. The van der Waals surface area contributed by atoms with Crippen LogP contribution in [0.4, 0.5) is 0 Å². The van der Waals surface area contributed by atoms with Gasteiger partial charge in [-0.2, -0.15) is 0 Å². The maximum absolute atomic E-state index is 13.2. The molecule has 0 saturated heterocycles. The van der Waals surface area contributed by atoms with E-state index < -0.39 is 29.3 Å². The third-order valence-corrected chi connectivity index (χ3v) is 5.68. The Bertz CT molecular complexity index is 1540. The SMILES string of the molecule is NCc1nccc(C(=O)[C@H](Cc2ccccc2)NC(=O)CCNC(=O)c2cc3ccc(O)cc3oc2=O)n1. The Morgan fingerprint density at radius 2 is 1.84 bits per heavy atom. The highest BCUT2D eigenvalue weighted by molar-refractivity contribution is 6.01. The molecule has 0 radical (unpaired) electrons. The Morgan fingerprint density at radius 1 is 1.05 bits per heavy atom. The molecule has 0 aliphatic heterocycles. The third-order valence-electron chi connectivity index (χ3n) is 5.68. The number of aromatic nitrogens is 2. The summed E-state index contributed by atoms with van der Waals surface area (Å²) in [5, 5.41) is 15.2. The van der Waals surface area contributed by atoms with E-state index in [0.717, 1.165) is 5.56 Å². The van der Waals surface area contributed by atoms with Crippen molar-refractivity contribution in [2.24, 2.45) is 5.73 Å². The van der Waals surface area contributed by atoms with Crippen molar-refractivity contribution in [1.82, 2.24) is 20.6 Å². The number of Topliss-reactive ketones (excluding diaryl/α,β-unsaturated/α-hetero) is 1. The Labute approximate surface area is 216 Å². The van der Waals surface area contributed by atoms with Gasteiger partial charge in [0.25, 0.3) is 5.91 Å². The van der Waals surface area contributed by atoms with E-state index in [-0.39, 0.29) is 48.5 Å². The van der Waals surface area contributed by atoms with Crippen LogP contribution < -0.4 is 22.0 Å². The first-order valence-electron chi connectivity index (χ1n) is 11.8. The number of phenols is 1. The molecule has 11 heteroatoms. The van der Waals surface area contributed by atoms with Crippen LogP contribution in [-0.4, -0.2) is 45.3 Å². The van der Waals surface area contributed by atoms with E-state index in [0.29, 0.717) is 11.2 Å². The molecular weight excluding hydrogens is 490 g/mol. The number of carbonyl (C=O) groups excluding carboxylic acids is 3. The molecule has 4 aromatic rings. The summed E-state index contributed by atoms with van der Waals surface area (Å²) in [6.07, 6.45) is 1.52. The number of phenolic OH excluding ortho intramolecular Hbond substituents is 1. The molecule has 0 bridgehead atoms. The van der Waals surface area contributed by atoms with Gasteiger partial charge in [-0.3, -0.25) is 14.4 Å². The van der Waals surface area contributed by atoms with Crippen molar-refractivity contribution < 1.29 is 23.9 Å². The van der Waals surface area contributed by atoms with Crippen molar-refractivity contribution in [3.8, 4) is 5.75 Å². The summed E-state index contributed by atoms with van der Waals surface area (Å²) in [6, 6.07) is 15.3. The average Bonchev–Trinajstić information content (AvgIpc) is 2.92. The molecule has 2 amide bonds. The monoisotopic (exact) mass is 515 g/mol. The van der Waals surface area contributed by atoms with Gasteiger partial charge in [-0.15, -0.1) is 0 Å². The number of fused-ring (bicyclic) bond motifs is 1. The summed E-state index contributed by atoms with van der Waals surface area (Å²) in [5.41, 5.74) is 5.59. The zero-order valence-corrected chi connectivity index (χ0v) is 20.2. The largest absolute Gasteiger partial charge is 0.508 e. The maximum Gasteiger partial charge on any atom is 0.349 e. The fraction of sp³-hybridized carbons (Fsp3) is 0.185. The van der Waals surface area contributed by atoms with Gasteiger partial charge in [0, 0.05) is 37.0 Å². The van der Waals surface area contributed by atoms with Gasteiger partial charge in [0.1, 0.15) is 28.4 Å². The smallest absolute Gasteiger partial charge is 0.349 e. The molecule has 0 fully saturated rings. The molecule has 11 nitrogen and oxygen atoms in total. The van der Waals surface area contributed by atoms with Crippen LogP contribution in [0, 0.1) is 0 Å². The zero-order valence-electron chi connectivity index (χ0n) is 20.2. The van der Waals surface area contributed by atoms with Crippen LogP contribution in [0.1, 0.15) is 38.7 Å². The molecule has 4 rings (SSSR count). The van der Waals surface area contributed by atoms with Crippen LogP contribution in [0.5, 0.6) is 5.75 Å². The lowest BCUT2D eigenvalue weighted by molar-refractivity contribution is -0.121. The van der Waals surface area contributed by atoms with Crippen molar-refractivity contribution in [2.75, 3.05) is 6.54 Å². The van der Waals surface area contributed by atoms with Crippen LogP contribution in [0.15, 0.2) is 76.1 Å². The number of rotatable bonds is 10. The molecule has 194 valence electrons. The van der Waals surface area contributed by atoms with Crippen molar-refractivity contribution in [3.05, 3.63) is 99.9 Å². The average molecular weight is 516 g/mol. The number of nitrogens with two attached hydrogens (primary N) is 1. The molecular formula is C27H25N5O6. The summed E-state index contributed by atoms with van der Waals surface area (Å²) in [7, 11) is 0. The Balaban J connectivity index is 1.41. The maximum atomic E-state index is 13.2. The minimum Gasteiger partial charge on any atom is -0.508 e. The van der Waals surface area contributed by atoms with Gasteiger partial charge in [-0.25, -0.2) is 14.8 Å². The second-order valence-corrected chi connectivity index (χ2v) is 8.41. The van der Waals surface area contributed by atoms with Crippen LogP contribution in [0.25, 0.3) is 11.0 Å². The summed E-state index contributed by atoms with van der Waals surface area (Å²) in [4.78, 5) is 58.9. The topological polar surface area (TPSA) is 178 Å². The molecule has 0 saturated carbocycles. The van der Waals surface area contributed by atoms with Crippen molar-refractivity contribution in [3.63, 3.8) is 0 Å². The van der Waals surface area contributed by atoms with Crippen LogP contribution >= 0.6 is 0 Å². The molecule has 0 unspecified atom stereocenters. The second kappa shape index (κ2) is 11.9. The summed E-state index contributed by atoms with van der Waals surface area (Å²) in [5.74, 6) is -1.36. The summed E-state index contributed by atoms with van der Waals surface area (Å²) < 4.78 is 5.10. The van der Waals surface area contributed by atoms with Gasteiger partial charge in [-0.1, -0.05) is 30.3 Å². The van der Waals surface area contributed by atoms with Gasteiger partial charge in [0.2, 0.25) is 11.7 Å². The number of ketones is 1. The first kappa shape index (κ1) is 26.2. The van der Waals surface area contributed by atoms with E-state index in [1.54, 1.807) is 0 Å². The highest BCUT2D eigenvalue weighted by Gasteiger charge is 2.24. The summed E-state index contributed by atoms with van der Waals surface area (Å²) in [6.45, 7) is -0.0244. The normalized spacial score (nSPS) is 11.6. The minimum absolute atomic E-state index is 0.0641. The Hall–Kier alpha value is -4.90. The molecule has 5 N–H and O–H groups in total. The lowest BCUT2D eigenvalue weighted by Gasteiger charge is -2.18. The lowest BCUT2D eigenvalue weighted by atomic mass is 10.00. The molecule has 0 aliphatic rings. The first-order valence-corrected chi connectivity index (χ1v) is 11.8. The molecule has 0 spiro atoms. The van der Waals surface area contributed by atoms with E-state index in [2.05, 4.69) is 20.6 Å². The quantitative estimate of drug-likeness (QED) is 0.180. The minimum atomic E-state index is -0.912. The van der Waals surface area contributed by atoms with E-state index in [4.69, 9.17) is 10.2 Å². The molecule has 2 heterocycles. The van der Waals surface area contributed by atoms with Gasteiger partial charge < -0.3 is 25.9 Å². The van der Waals surface area contributed by atoms with Gasteiger partial charge in [-0.05, 0) is 29.8 Å². The van der Waals surface area contributed by atoms with Crippen molar-refractivity contribution in [1.29, 1.82) is 0 Å². The molecule has 0 aliphatic carbocycles. The van der Waals surface area contributed by atoms with Gasteiger partial charge in [0.05, 0.1) is 12.6 Å². The Kier molecular flexibility index (Phi) is 8.19. The number of amides is 2. The standard InChI is InChI=1S/C27H25N5O6/c28-15-23-29-10-8-20(31-23)25(35)21(12-16-4-2-1-3-5-16)32-24(34)9-11-30-26(36)19-13-17-6-7-18(33)14-22(17)38-27(19)37/h1-8,10,13-14,21,33H,9,11-12,15,28H2,(H,30,36)(H,32,34)/t21-/m0/s1.